The van der Waals surface area contributed by atoms with Gasteiger partial charge in [0.15, 0.2) is 0 Å². The van der Waals surface area contributed by atoms with Crippen LogP contribution in [0.1, 0.15) is 45.8 Å². The number of hydroxylamine groups is 2. The monoisotopic (exact) mass is 473 g/mol. The first-order valence-corrected chi connectivity index (χ1v) is 10.9. The normalized spacial score (nSPS) is 18.4. The molecule has 0 bridgehead atoms. The van der Waals surface area contributed by atoms with E-state index >= 15 is 0 Å². The van der Waals surface area contributed by atoms with Crippen LogP contribution in [0.25, 0.3) is 0 Å². The summed E-state index contributed by atoms with van der Waals surface area (Å²) in [7, 11) is 0. The third-order valence-corrected chi connectivity index (χ3v) is 6.00. The molecule has 4 nitrogen and oxygen atoms in total. The highest BCUT2D eigenvalue weighted by atomic mass is 19.4. The maximum atomic E-state index is 13.6. The van der Waals surface area contributed by atoms with Crippen molar-refractivity contribution in [1.82, 2.24) is 5.06 Å². The molecule has 0 radical (unpaired) electrons. The zero-order valence-electron chi connectivity index (χ0n) is 18.1. The van der Waals surface area contributed by atoms with Gasteiger partial charge in [0, 0.05) is 12.5 Å². The third kappa shape index (κ3) is 5.29. The van der Waals surface area contributed by atoms with Gasteiger partial charge in [0.2, 0.25) is 0 Å². The first-order chi connectivity index (χ1) is 16.2. The molecule has 1 aliphatic heterocycles. The number of benzene rings is 3. The molecule has 1 N–H and O–H groups in total. The standard InChI is InChI=1S/C26H23F4NO3/c27-21-13-11-17(12-14-21)23(19-8-4-9-20(16-19)26(28,29)30)24(32)22-10-5-15-31(22)34-25(33)18-6-2-1-3-7-18/h1-4,6-9,11-14,16,22-24,32H,5,10,15H2/t22-,23+,24+/m1/s1. The van der Waals surface area contributed by atoms with Crippen molar-refractivity contribution in [3.05, 3.63) is 107 Å². The summed E-state index contributed by atoms with van der Waals surface area (Å²) in [5.41, 5.74) is 0.184. The Kier molecular flexibility index (Phi) is 7.00. The van der Waals surface area contributed by atoms with Gasteiger partial charge in [-0.2, -0.15) is 13.2 Å². The van der Waals surface area contributed by atoms with E-state index in [-0.39, 0.29) is 5.56 Å². The average molecular weight is 473 g/mol. The minimum atomic E-state index is -4.56. The molecule has 1 aliphatic rings. The lowest BCUT2D eigenvalue weighted by atomic mass is 9.82. The second-order valence-electron chi connectivity index (χ2n) is 8.24. The number of hydrogen-bond acceptors (Lipinski definition) is 4. The molecular weight excluding hydrogens is 450 g/mol. The molecule has 34 heavy (non-hydrogen) atoms. The van der Waals surface area contributed by atoms with Crippen LogP contribution in [0, 0.1) is 5.82 Å². The highest BCUT2D eigenvalue weighted by Crippen LogP contribution is 2.37. The van der Waals surface area contributed by atoms with Crippen LogP contribution in [-0.2, 0) is 11.0 Å². The van der Waals surface area contributed by atoms with Gasteiger partial charge < -0.3 is 9.94 Å². The van der Waals surface area contributed by atoms with Gasteiger partial charge in [-0.05, 0) is 54.3 Å². The van der Waals surface area contributed by atoms with Gasteiger partial charge in [0.25, 0.3) is 0 Å². The Bertz CT molecular complexity index is 1120. The van der Waals surface area contributed by atoms with Gasteiger partial charge in [-0.3, -0.25) is 0 Å². The molecule has 1 saturated heterocycles. The van der Waals surface area contributed by atoms with E-state index in [1.54, 1.807) is 30.3 Å². The van der Waals surface area contributed by atoms with Gasteiger partial charge >= 0.3 is 12.1 Å². The molecule has 3 aromatic rings. The van der Waals surface area contributed by atoms with Crippen molar-refractivity contribution in [2.24, 2.45) is 0 Å². The van der Waals surface area contributed by atoms with Crippen LogP contribution < -0.4 is 0 Å². The minimum absolute atomic E-state index is 0.232. The smallest absolute Gasteiger partial charge is 0.390 e. The molecular formula is C26H23F4NO3. The Hall–Kier alpha value is -3.23. The van der Waals surface area contributed by atoms with E-state index in [4.69, 9.17) is 4.84 Å². The summed E-state index contributed by atoms with van der Waals surface area (Å²) in [4.78, 5) is 18.1. The van der Waals surface area contributed by atoms with Crippen molar-refractivity contribution < 1.29 is 32.3 Å². The number of carbonyl (C=O) groups excluding carboxylic acids is 1. The van der Waals surface area contributed by atoms with Gasteiger partial charge in [-0.25, -0.2) is 9.18 Å². The zero-order valence-corrected chi connectivity index (χ0v) is 18.1. The molecule has 0 aliphatic carbocycles. The number of rotatable bonds is 6. The summed E-state index contributed by atoms with van der Waals surface area (Å²) in [6.45, 7) is 0.374. The van der Waals surface area contributed by atoms with E-state index < -0.39 is 41.6 Å². The largest absolute Gasteiger partial charge is 0.416 e. The SMILES string of the molecule is O=C(ON1CCC[C@@H]1[C@H](O)[C@@H](c1ccc(F)cc1)c1cccc(C(F)(F)F)c1)c1ccccc1. The summed E-state index contributed by atoms with van der Waals surface area (Å²) in [5, 5.41) is 12.8. The molecule has 0 amide bonds. The van der Waals surface area contributed by atoms with Crippen LogP contribution in [0.5, 0.6) is 0 Å². The molecule has 8 heteroatoms. The molecule has 3 aromatic carbocycles. The quantitative estimate of drug-likeness (QED) is 0.476. The van der Waals surface area contributed by atoms with E-state index in [1.165, 1.54) is 41.5 Å². The van der Waals surface area contributed by atoms with Crippen LogP contribution in [-0.4, -0.2) is 34.8 Å². The Labute approximate surface area is 194 Å². The van der Waals surface area contributed by atoms with Crippen molar-refractivity contribution in [1.29, 1.82) is 0 Å². The topological polar surface area (TPSA) is 49.8 Å². The first kappa shape index (κ1) is 23.9. The Morgan fingerprint density at radius 3 is 2.35 bits per heavy atom. The second kappa shape index (κ2) is 9.95. The molecule has 3 atom stereocenters. The Morgan fingerprint density at radius 2 is 1.68 bits per heavy atom. The highest BCUT2D eigenvalue weighted by Gasteiger charge is 2.40. The fraction of sp³-hybridized carbons (Fsp3) is 0.269. The number of hydrogen-bond donors (Lipinski definition) is 1. The molecule has 4 rings (SSSR count). The molecule has 178 valence electrons. The highest BCUT2D eigenvalue weighted by molar-refractivity contribution is 5.89. The summed E-state index contributed by atoms with van der Waals surface area (Å²) in [5.74, 6) is -1.98. The lowest BCUT2D eigenvalue weighted by molar-refractivity contribution is -0.143. The molecule has 1 fully saturated rings. The number of halogens is 4. The van der Waals surface area contributed by atoms with Gasteiger partial charge in [0.05, 0.1) is 23.3 Å². The first-order valence-electron chi connectivity index (χ1n) is 10.9. The van der Waals surface area contributed by atoms with E-state index in [0.29, 0.717) is 30.5 Å². The summed E-state index contributed by atoms with van der Waals surface area (Å²) < 4.78 is 53.7. The van der Waals surface area contributed by atoms with Crippen LogP contribution in [0.15, 0.2) is 78.9 Å². The summed E-state index contributed by atoms with van der Waals surface area (Å²) in [6, 6.07) is 17.7. The number of aliphatic hydroxyl groups is 1. The molecule has 0 aromatic heterocycles. The number of carbonyl (C=O) groups is 1. The lowest BCUT2D eigenvalue weighted by Crippen LogP contribution is -2.43. The third-order valence-electron chi connectivity index (χ3n) is 6.00. The lowest BCUT2D eigenvalue weighted by Gasteiger charge is -2.33. The number of aliphatic hydroxyl groups excluding tert-OH is 1. The van der Waals surface area contributed by atoms with Gasteiger partial charge in [-0.1, -0.05) is 48.5 Å². The fourth-order valence-electron chi connectivity index (χ4n) is 4.34. The predicted octanol–water partition coefficient (Wildman–Crippen LogP) is 5.57. The minimum Gasteiger partial charge on any atom is -0.390 e. The summed E-state index contributed by atoms with van der Waals surface area (Å²) in [6.07, 6.45) is -4.68. The van der Waals surface area contributed by atoms with Crippen LogP contribution in [0.3, 0.4) is 0 Å². The fourth-order valence-corrected chi connectivity index (χ4v) is 4.34. The Morgan fingerprint density at radius 1 is 0.971 bits per heavy atom. The van der Waals surface area contributed by atoms with E-state index in [9.17, 15) is 27.5 Å². The van der Waals surface area contributed by atoms with Crippen LogP contribution in [0.2, 0.25) is 0 Å². The maximum absolute atomic E-state index is 13.6. The maximum Gasteiger partial charge on any atom is 0.416 e. The molecule has 0 unspecified atom stereocenters. The van der Waals surface area contributed by atoms with Gasteiger partial charge in [0.1, 0.15) is 5.82 Å². The van der Waals surface area contributed by atoms with E-state index in [2.05, 4.69) is 0 Å². The Balaban J connectivity index is 1.66. The van der Waals surface area contributed by atoms with E-state index in [1.807, 2.05) is 0 Å². The molecule has 0 spiro atoms. The molecule has 1 heterocycles. The van der Waals surface area contributed by atoms with Crippen molar-refractivity contribution in [2.45, 2.75) is 37.1 Å². The number of nitrogens with zero attached hydrogens (tertiary/aromatic N) is 1. The average Bonchev–Trinajstić information content (AvgIpc) is 3.29. The molecule has 0 saturated carbocycles. The van der Waals surface area contributed by atoms with Gasteiger partial charge in [-0.15, -0.1) is 5.06 Å². The van der Waals surface area contributed by atoms with Crippen molar-refractivity contribution >= 4 is 5.97 Å². The van der Waals surface area contributed by atoms with E-state index in [0.717, 1.165) is 12.1 Å². The van der Waals surface area contributed by atoms with Crippen LogP contribution in [0.4, 0.5) is 17.6 Å². The second-order valence-corrected chi connectivity index (χ2v) is 8.24. The van der Waals surface area contributed by atoms with Crippen molar-refractivity contribution in [3.63, 3.8) is 0 Å². The summed E-state index contributed by atoms with van der Waals surface area (Å²) >= 11 is 0. The predicted molar refractivity (Wildman–Crippen MR) is 117 cm³/mol. The van der Waals surface area contributed by atoms with Crippen molar-refractivity contribution in [2.75, 3.05) is 6.54 Å². The van der Waals surface area contributed by atoms with Crippen molar-refractivity contribution in [3.8, 4) is 0 Å². The number of alkyl halides is 3. The van der Waals surface area contributed by atoms with Crippen LogP contribution >= 0.6 is 0 Å². The zero-order chi connectivity index (χ0) is 24.3.